The van der Waals surface area contributed by atoms with E-state index in [4.69, 9.17) is 9.47 Å². The Balaban J connectivity index is 2.35. The van der Waals surface area contributed by atoms with Gasteiger partial charge in [-0.3, -0.25) is 4.79 Å². The van der Waals surface area contributed by atoms with E-state index in [0.717, 1.165) is 18.8 Å². The highest BCUT2D eigenvalue weighted by Crippen LogP contribution is 2.18. The largest absolute Gasteiger partial charge is 0.494 e. The zero-order chi connectivity index (χ0) is 13.4. The number of hydrogen-bond donors (Lipinski definition) is 1. The Morgan fingerprint density at radius 2 is 1.72 bits per heavy atom. The van der Waals surface area contributed by atoms with Gasteiger partial charge in [0, 0.05) is 7.05 Å². The molecule has 0 aliphatic heterocycles. The molecule has 4 nitrogen and oxygen atoms in total. The number of benzene rings is 1. The van der Waals surface area contributed by atoms with Crippen LogP contribution in [0.2, 0.25) is 0 Å². The van der Waals surface area contributed by atoms with Crippen molar-refractivity contribution in [2.24, 2.45) is 5.92 Å². The minimum absolute atomic E-state index is 0.0318. The molecule has 18 heavy (non-hydrogen) atoms. The Labute approximate surface area is 108 Å². The molecule has 100 valence electrons. The monoisotopic (exact) mass is 251 g/mol. The number of carbonyl (C=O) groups is 1. The molecule has 4 heteroatoms. The van der Waals surface area contributed by atoms with Crippen molar-refractivity contribution in [3.63, 3.8) is 0 Å². The van der Waals surface area contributed by atoms with Crippen LogP contribution in [0.15, 0.2) is 24.3 Å². The van der Waals surface area contributed by atoms with Crippen LogP contribution in [-0.4, -0.2) is 26.2 Å². The van der Waals surface area contributed by atoms with Crippen LogP contribution in [0, 0.1) is 5.92 Å². The fourth-order valence-electron chi connectivity index (χ4n) is 1.27. The third-order valence-electron chi connectivity index (χ3n) is 2.44. The van der Waals surface area contributed by atoms with E-state index >= 15 is 0 Å². The number of amides is 1. The Kier molecular flexibility index (Phi) is 6.05. The van der Waals surface area contributed by atoms with Crippen molar-refractivity contribution in [1.29, 1.82) is 0 Å². The summed E-state index contributed by atoms with van der Waals surface area (Å²) < 4.78 is 10.9. The molecule has 0 aliphatic carbocycles. The highest BCUT2D eigenvalue weighted by Gasteiger charge is 2.01. The van der Waals surface area contributed by atoms with E-state index in [1.807, 2.05) is 12.1 Å². The first-order valence-corrected chi connectivity index (χ1v) is 6.18. The molecule has 1 amide bonds. The predicted octanol–water partition coefficient (Wildman–Crippen LogP) is 2.24. The lowest BCUT2D eigenvalue weighted by atomic mass is 10.1. The lowest BCUT2D eigenvalue weighted by Crippen LogP contribution is -2.24. The van der Waals surface area contributed by atoms with Gasteiger partial charge in [-0.25, -0.2) is 0 Å². The number of carbonyl (C=O) groups excluding carboxylic acids is 1. The standard InChI is InChI=1S/C14H21NO3/c1-11(2)8-9-17-12-4-6-13(7-5-12)18-10-14(16)15-3/h4-7,11H,8-10H2,1-3H3,(H,15,16). The Hall–Kier alpha value is -1.71. The minimum atomic E-state index is -0.146. The highest BCUT2D eigenvalue weighted by molar-refractivity contribution is 5.77. The van der Waals surface area contributed by atoms with Gasteiger partial charge >= 0.3 is 0 Å². The van der Waals surface area contributed by atoms with Crippen LogP contribution in [0.5, 0.6) is 11.5 Å². The molecule has 0 aliphatic rings. The molecule has 0 radical (unpaired) electrons. The number of nitrogens with one attached hydrogen (secondary N) is 1. The molecule has 1 aromatic rings. The molecule has 1 rings (SSSR count). The van der Waals surface area contributed by atoms with Crippen LogP contribution >= 0.6 is 0 Å². The summed E-state index contributed by atoms with van der Waals surface area (Å²) in [4.78, 5) is 11.0. The van der Waals surface area contributed by atoms with Gasteiger partial charge < -0.3 is 14.8 Å². The molecule has 0 heterocycles. The van der Waals surface area contributed by atoms with Crippen LogP contribution in [-0.2, 0) is 4.79 Å². The molecule has 0 atom stereocenters. The first-order valence-electron chi connectivity index (χ1n) is 6.18. The zero-order valence-corrected chi connectivity index (χ0v) is 11.2. The summed E-state index contributed by atoms with van der Waals surface area (Å²) in [7, 11) is 1.58. The molecule has 0 fully saturated rings. The number of ether oxygens (including phenoxy) is 2. The predicted molar refractivity (Wildman–Crippen MR) is 71.0 cm³/mol. The van der Waals surface area contributed by atoms with Crippen LogP contribution < -0.4 is 14.8 Å². The fraction of sp³-hybridized carbons (Fsp3) is 0.500. The average Bonchev–Trinajstić information content (AvgIpc) is 2.37. The quantitative estimate of drug-likeness (QED) is 0.808. The van der Waals surface area contributed by atoms with E-state index in [2.05, 4.69) is 19.2 Å². The molecule has 1 aromatic carbocycles. The van der Waals surface area contributed by atoms with E-state index in [1.165, 1.54) is 0 Å². The molecule has 0 saturated carbocycles. The summed E-state index contributed by atoms with van der Waals surface area (Å²) >= 11 is 0. The molecule has 0 saturated heterocycles. The van der Waals surface area contributed by atoms with Gasteiger partial charge in [-0.2, -0.15) is 0 Å². The summed E-state index contributed by atoms with van der Waals surface area (Å²) in [6, 6.07) is 7.29. The van der Waals surface area contributed by atoms with Crippen molar-refractivity contribution >= 4 is 5.91 Å². The molecule has 0 spiro atoms. The second kappa shape index (κ2) is 7.58. The molecule has 0 bridgehead atoms. The summed E-state index contributed by atoms with van der Waals surface area (Å²) in [5, 5.41) is 2.50. The number of hydrogen-bond acceptors (Lipinski definition) is 3. The maximum absolute atomic E-state index is 11.0. The van der Waals surface area contributed by atoms with Gasteiger partial charge in [-0.1, -0.05) is 13.8 Å². The minimum Gasteiger partial charge on any atom is -0.494 e. The second-order valence-corrected chi connectivity index (χ2v) is 4.46. The summed E-state index contributed by atoms with van der Waals surface area (Å²) in [5.74, 6) is 1.98. The van der Waals surface area contributed by atoms with Gasteiger partial charge in [0.05, 0.1) is 6.61 Å². The van der Waals surface area contributed by atoms with Crippen molar-refractivity contribution in [1.82, 2.24) is 5.32 Å². The molecular weight excluding hydrogens is 230 g/mol. The molecular formula is C14H21NO3. The van der Waals surface area contributed by atoms with Crippen molar-refractivity contribution < 1.29 is 14.3 Å². The summed E-state index contributed by atoms with van der Waals surface area (Å²) in [6.07, 6.45) is 1.04. The highest BCUT2D eigenvalue weighted by atomic mass is 16.5. The lowest BCUT2D eigenvalue weighted by Gasteiger charge is -2.09. The van der Waals surface area contributed by atoms with Crippen LogP contribution in [0.4, 0.5) is 0 Å². The summed E-state index contributed by atoms with van der Waals surface area (Å²) in [5.41, 5.74) is 0. The van der Waals surface area contributed by atoms with Gasteiger partial charge in [0.15, 0.2) is 6.61 Å². The van der Waals surface area contributed by atoms with Gasteiger partial charge in [-0.05, 0) is 36.6 Å². The van der Waals surface area contributed by atoms with Gasteiger partial charge in [-0.15, -0.1) is 0 Å². The third kappa shape index (κ3) is 5.57. The van der Waals surface area contributed by atoms with Crippen molar-refractivity contribution in [3.05, 3.63) is 24.3 Å². The smallest absolute Gasteiger partial charge is 0.257 e. The van der Waals surface area contributed by atoms with Gasteiger partial charge in [0.25, 0.3) is 5.91 Å². The van der Waals surface area contributed by atoms with E-state index in [1.54, 1.807) is 19.2 Å². The van der Waals surface area contributed by atoms with E-state index in [-0.39, 0.29) is 12.5 Å². The number of rotatable bonds is 7. The van der Waals surface area contributed by atoms with E-state index < -0.39 is 0 Å². The Bertz CT molecular complexity index is 360. The normalized spacial score (nSPS) is 10.2. The first kappa shape index (κ1) is 14.4. The van der Waals surface area contributed by atoms with Crippen LogP contribution in [0.25, 0.3) is 0 Å². The SMILES string of the molecule is CNC(=O)COc1ccc(OCCC(C)C)cc1. The van der Waals surface area contributed by atoms with Crippen molar-refractivity contribution in [3.8, 4) is 11.5 Å². The van der Waals surface area contributed by atoms with Gasteiger partial charge in [0.2, 0.25) is 0 Å². The Morgan fingerprint density at radius 1 is 1.17 bits per heavy atom. The van der Waals surface area contributed by atoms with Gasteiger partial charge in [0.1, 0.15) is 11.5 Å². The van der Waals surface area contributed by atoms with Crippen molar-refractivity contribution in [2.45, 2.75) is 20.3 Å². The second-order valence-electron chi connectivity index (χ2n) is 4.46. The topological polar surface area (TPSA) is 47.6 Å². The Morgan fingerprint density at radius 3 is 2.22 bits per heavy atom. The van der Waals surface area contributed by atoms with Crippen LogP contribution in [0.3, 0.4) is 0 Å². The lowest BCUT2D eigenvalue weighted by molar-refractivity contribution is -0.122. The molecule has 1 N–H and O–H groups in total. The number of likely N-dealkylation sites (N-methyl/N-ethyl adjacent to an activating group) is 1. The molecule has 0 aromatic heterocycles. The molecule has 0 unspecified atom stereocenters. The average molecular weight is 251 g/mol. The third-order valence-corrected chi connectivity index (χ3v) is 2.44. The van der Waals surface area contributed by atoms with E-state index in [9.17, 15) is 4.79 Å². The van der Waals surface area contributed by atoms with Crippen LogP contribution in [0.1, 0.15) is 20.3 Å². The summed E-state index contributed by atoms with van der Waals surface area (Å²) in [6.45, 7) is 5.08. The fourth-order valence-corrected chi connectivity index (χ4v) is 1.27. The maximum atomic E-state index is 11.0. The van der Waals surface area contributed by atoms with E-state index in [0.29, 0.717) is 11.7 Å². The first-order chi connectivity index (χ1) is 8.61. The van der Waals surface area contributed by atoms with Crippen molar-refractivity contribution in [2.75, 3.05) is 20.3 Å². The maximum Gasteiger partial charge on any atom is 0.257 e. The zero-order valence-electron chi connectivity index (χ0n) is 11.2.